The summed E-state index contributed by atoms with van der Waals surface area (Å²) in [6.45, 7) is 0. The van der Waals surface area contributed by atoms with Crippen LogP contribution in [0.25, 0.3) is 0 Å². The molecular weight excluding hydrogens is 456 g/mol. The second-order valence-electron chi connectivity index (χ2n) is 6.36. The minimum Gasteiger partial charge on any atom is -0.379 e. The van der Waals surface area contributed by atoms with Crippen molar-refractivity contribution in [1.82, 2.24) is 5.43 Å². The van der Waals surface area contributed by atoms with E-state index in [0.717, 1.165) is 12.1 Å². The molecule has 0 heterocycles. The highest BCUT2D eigenvalue weighted by Gasteiger charge is 2.19. The van der Waals surface area contributed by atoms with Crippen LogP contribution in [-0.4, -0.2) is 30.4 Å². The molecule has 0 atom stereocenters. The van der Waals surface area contributed by atoms with E-state index < -0.39 is 25.9 Å². The predicted molar refractivity (Wildman–Crippen MR) is 116 cm³/mol. The van der Waals surface area contributed by atoms with E-state index in [2.05, 4.69) is 10.5 Å². The van der Waals surface area contributed by atoms with Gasteiger partial charge in [-0.2, -0.15) is 13.5 Å². The second kappa shape index (κ2) is 9.65. The number of nitro benzene ring substituents is 2. The number of rotatable bonds is 8. The Morgan fingerprint density at radius 2 is 1.55 bits per heavy atom. The molecule has 0 aliphatic rings. The van der Waals surface area contributed by atoms with E-state index in [1.54, 1.807) is 0 Å². The lowest BCUT2D eigenvalue weighted by molar-refractivity contribution is -0.385. The number of hydrazone groups is 1. The Bertz CT molecular complexity index is 1340. The van der Waals surface area contributed by atoms with Crippen molar-refractivity contribution >= 4 is 33.6 Å². The molecule has 13 heteroatoms. The lowest BCUT2D eigenvalue weighted by Gasteiger charge is -2.07. The zero-order valence-corrected chi connectivity index (χ0v) is 17.3. The number of carbonyl (C=O) groups is 1. The number of amides is 1. The first-order chi connectivity index (χ1) is 15.7. The molecule has 168 valence electrons. The Morgan fingerprint density at radius 1 is 0.909 bits per heavy atom. The van der Waals surface area contributed by atoms with E-state index in [-0.39, 0.29) is 27.6 Å². The van der Waals surface area contributed by atoms with E-state index in [9.17, 15) is 33.4 Å². The molecule has 0 fully saturated rings. The van der Waals surface area contributed by atoms with E-state index in [0.29, 0.717) is 5.56 Å². The van der Waals surface area contributed by atoms with Crippen LogP contribution in [0.2, 0.25) is 0 Å². The van der Waals surface area contributed by atoms with E-state index >= 15 is 0 Å². The summed E-state index contributed by atoms with van der Waals surface area (Å²) in [6, 6.07) is 15.1. The van der Waals surface area contributed by atoms with Crippen LogP contribution in [0.4, 0.5) is 11.4 Å². The van der Waals surface area contributed by atoms with Crippen molar-refractivity contribution in [2.24, 2.45) is 5.10 Å². The Labute approximate surface area is 186 Å². The van der Waals surface area contributed by atoms with Gasteiger partial charge in [-0.05, 0) is 48.0 Å². The molecule has 0 unspecified atom stereocenters. The van der Waals surface area contributed by atoms with E-state index in [1.165, 1.54) is 66.9 Å². The summed E-state index contributed by atoms with van der Waals surface area (Å²) in [5.74, 6) is -0.613. The van der Waals surface area contributed by atoms with Crippen molar-refractivity contribution in [3.8, 4) is 5.75 Å². The highest BCUT2D eigenvalue weighted by Crippen LogP contribution is 2.22. The maximum atomic E-state index is 12.3. The Balaban J connectivity index is 1.62. The summed E-state index contributed by atoms with van der Waals surface area (Å²) in [4.78, 5) is 31.8. The summed E-state index contributed by atoms with van der Waals surface area (Å²) in [6.07, 6.45) is 1.29. The van der Waals surface area contributed by atoms with Crippen molar-refractivity contribution in [3.63, 3.8) is 0 Å². The fourth-order valence-electron chi connectivity index (χ4n) is 2.50. The second-order valence-corrected chi connectivity index (χ2v) is 7.91. The summed E-state index contributed by atoms with van der Waals surface area (Å²) in [5.41, 5.74) is 2.40. The molecule has 12 nitrogen and oxygen atoms in total. The summed E-state index contributed by atoms with van der Waals surface area (Å²) >= 11 is 0. The standard InChI is InChI=1S/C20H14N4O8S/c25-20(15-6-8-16(9-7-15)23(26)27)22-21-13-14-4-10-18(11-5-14)32-33(30,31)19-3-1-2-17(12-19)24(28)29/h1-13H,(H,22,25)/b21-13-. The van der Waals surface area contributed by atoms with Crippen molar-refractivity contribution in [2.75, 3.05) is 0 Å². The molecule has 0 aliphatic heterocycles. The molecule has 3 aromatic carbocycles. The monoisotopic (exact) mass is 470 g/mol. The van der Waals surface area contributed by atoms with Gasteiger partial charge in [-0.1, -0.05) is 6.07 Å². The average molecular weight is 470 g/mol. The highest BCUT2D eigenvalue weighted by atomic mass is 32.2. The molecule has 3 aromatic rings. The molecule has 0 bridgehead atoms. The van der Waals surface area contributed by atoms with Gasteiger partial charge in [0.1, 0.15) is 10.6 Å². The van der Waals surface area contributed by atoms with Crippen LogP contribution in [0.1, 0.15) is 15.9 Å². The van der Waals surface area contributed by atoms with Gasteiger partial charge in [0.05, 0.1) is 16.1 Å². The first kappa shape index (κ1) is 23.0. The molecule has 0 radical (unpaired) electrons. The summed E-state index contributed by atoms with van der Waals surface area (Å²) < 4.78 is 29.7. The van der Waals surface area contributed by atoms with Gasteiger partial charge in [-0.25, -0.2) is 5.43 Å². The lowest BCUT2D eigenvalue weighted by Crippen LogP contribution is -2.17. The third kappa shape index (κ3) is 5.95. The van der Waals surface area contributed by atoms with Crippen LogP contribution >= 0.6 is 0 Å². The number of hydrogen-bond donors (Lipinski definition) is 1. The molecule has 1 N–H and O–H groups in total. The van der Waals surface area contributed by atoms with Crippen LogP contribution < -0.4 is 9.61 Å². The topological polar surface area (TPSA) is 171 Å². The first-order valence-electron chi connectivity index (χ1n) is 9.02. The molecule has 0 saturated heterocycles. The molecule has 33 heavy (non-hydrogen) atoms. The molecule has 0 aliphatic carbocycles. The largest absolute Gasteiger partial charge is 0.379 e. The molecule has 3 rings (SSSR count). The van der Waals surface area contributed by atoms with Crippen molar-refractivity contribution in [1.29, 1.82) is 0 Å². The fourth-order valence-corrected chi connectivity index (χ4v) is 3.47. The number of nitro groups is 2. The molecular formula is C20H14N4O8S. The minimum absolute atomic E-state index is 0.0337. The fraction of sp³-hybridized carbons (Fsp3) is 0. The zero-order valence-electron chi connectivity index (χ0n) is 16.5. The lowest BCUT2D eigenvalue weighted by atomic mass is 10.2. The van der Waals surface area contributed by atoms with Gasteiger partial charge in [0.25, 0.3) is 17.3 Å². The Morgan fingerprint density at radius 3 is 2.15 bits per heavy atom. The number of benzene rings is 3. The number of nitrogens with zero attached hydrogens (tertiary/aromatic N) is 3. The average Bonchev–Trinajstić information content (AvgIpc) is 2.80. The van der Waals surface area contributed by atoms with Crippen molar-refractivity contribution in [3.05, 3.63) is 104 Å². The van der Waals surface area contributed by atoms with Crippen molar-refractivity contribution in [2.45, 2.75) is 4.90 Å². The number of nitrogens with one attached hydrogen (secondary N) is 1. The van der Waals surface area contributed by atoms with Crippen LogP contribution in [-0.2, 0) is 10.1 Å². The third-order valence-electron chi connectivity index (χ3n) is 4.12. The van der Waals surface area contributed by atoms with Gasteiger partial charge in [0.15, 0.2) is 0 Å². The predicted octanol–water partition coefficient (Wildman–Crippen LogP) is 3.03. The molecule has 0 spiro atoms. The number of carbonyl (C=O) groups excluding carboxylic acids is 1. The maximum absolute atomic E-state index is 12.3. The van der Waals surface area contributed by atoms with Crippen LogP contribution in [0.5, 0.6) is 5.75 Å². The van der Waals surface area contributed by atoms with Gasteiger partial charge in [-0.15, -0.1) is 0 Å². The first-order valence-corrected chi connectivity index (χ1v) is 10.4. The molecule has 1 amide bonds. The molecule has 0 saturated carbocycles. The normalized spacial score (nSPS) is 11.2. The van der Waals surface area contributed by atoms with Crippen molar-refractivity contribution < 1.29 is 27.2 Å². The van der Waals surface area contributed by atoms with E-state index in [4.69, 9.17) is 4.18 Å². The summed E-state index contributed by atoms with van der Waals surface area (Å²) in [5, 5.41) is 25.2. The maximum Gasteiger partial charge on any atom is 0.339 e. The van der Waals surface area contributed by atoms with Gasteiger partial charge < -0.3 is 4.18 Å². The number of hydrogen-bond acceptors (Lipinski definition) is 9. The Kier molecular flexibility index (Phi) is 6.74. The van der Waals surface area contributed by atoms with Crippen LogP contribution in [0, 0.1) is 20.2 Å². The smallest absolute Gasteiger partial charge is 0.339 e. The zero-order chi connectivity index (χ0) is 24.0. The third-order valence-corrected chi connectivity index (χ3v) is 5.37. The highest BCUT2D eigenvalue weighted by molar-refractivity contribution is 7.87. The summed E-state index contributed by atoms with van der Waals surface area (Å²) in [7, 11) is -4.29. The van der Waals surface area contributed by atoms with Gasteiger partial charge in [0.2, 0.25) is 0 Å². The van der Waals surface area contributed by atoms with Gasteiger partial charge in [0, 0.05) is 29.8 Å². The SMILES string of the molecule is O=C(N/N=C\c1ccc(OS(=O)(=O)c2cccc([N+](=O)[O-])c2)cc1)c1ccc([N+](=O)[O-])cc1. The van der Waals surface area contributed by atoms with Gasteiger partial charge >= 0.3 is 10.1 Å². The Hall–Kier alpha value is -4.65. The number of non-ortho nitro benzene ring substituents is 2. The molecule has 0 aromatic heterocycles. The van der Waals surface area contributed by atoms with Crippen LogP contribution in [0.3, 0.4) is 0 Å². The van der Waals surface area contributed by atoms with Gasteiger partial charge in [-0.3, -0.25) is 25.0 Å². The van der Waals surface area contributed by atoms with E-state index in [1.807, 2.05) is 0 Å². The van der Waals surface area contributed by atoms with Crippen LogP contribution in [0.15, 0.2) is 82.8 Å². The quantitative estimate of drug-likeness (QED) is 0.226. The minimum atomic E-state index is -4.29.